The summed E-state index contributed by atoms with van der Waals surface area (Å²) in [5.41, 5.74) is 6.81. The lowest BCUT2D eigenvalue weighted by molar-refractivity contribution is -0.136. The third-order valence-corrected chi connectivity index (χ3v) is 2.56. The highest BCUT2D eigenvalue weighted by molar-refractivity contribution is 5.78. The van der Waals surface area contributed by atoms with Crippen LogP contribution < -0.4 is 15.2 Å². The Morgan fingerprint density at radius 2 is 2.00 bits per heavy atom. The van der Waals surface area contributed by atoms with E-state index in [0.717, 1.165) is 5.56 Å². The molecule has 4 heteroatoms. The Bertz CT molecular complexity index is 416. The molecule has 0 heterocycles. The van der Waals surface area contributed by atoms with Crippen LogP contribution >= 0.6 is 0 Å². The van der Waals surface area contributed by atoms with Gasteiger partial charge in [-0.15, -0.1) is 0 Å². The number of benzene rings is 1. The molecule has 0 radical (unpaired) electrons. The molecule has 1 aromatic rings. The highest BCUT2D eigenvalue weighted by atomic mass is 16.6. The summed E-state index contributed by atoms with van der Waals surface area (Å²) in [5, 5.41) is 0. The number of hydrogen-bond acceptors (Lipinski definition) is 4. The number of hydrogen-bond donors (Lipinski definition) is 1. The smallest absolute Gasteiger partial charge is 0.328 e. The van der Waals surface area contributed by atoms with Crippen molar-refractivity contribution >= 4 is 5.97 Å². The standard InChI is InChI=1S/C14H21NO3/c1-9(2)7-11(15)14(16)18-12-6-5-10(3)8-13(12)17-4/h5-6,8-9,11H,7,15H2,1-4H3. The number of rotatable bonds is 5. The van der Waals surface area contributed by atoms with Crippen molar-refractivity contribution in [3.05, 3.63) is 23.8 Å². The topological polar surface area (TPSA) is 61.5 Å². The molecule has 100 valence electrons. The summed E-state index contributed by atoms with van der Waals surface area (Å²) in [4.78, 5) is 11.8. The van der Waals surface area contributed by atoms with E-state index in [1.807, 2.05) is 32.9 Å². The molecular weight excluding hydrogens is 230 g/mol. The lowest BCUT2D eigenvalue weighted by Crippen LogP contribution is -2.35. The predicted octanol–water partition coefficient (Wildman–Crippen LogP) is 2.28. The minimum absolute atomic E-state index is 0.354. The van der Waals surface area contributed by atoms with Gasteiger partial charge in [0.25, 0.3) is 0 Å². The first kappa shape index (κ1) is 14.5. The molecule has 18 heavy (non-hydrogen) atoms. The maximum Gasteiger partial charge on any atom is 0.328 e. The van der Waals surface area contributed by atoms with Crippen LogP contribution in [0.5, 0.6) is 11.5 Å². The molecule has 0 aromatic heterocycles. The molecule has 0 bridgehead atoms. The Labute approximate surface area is 108 Å². The van der Waals surface area contributed by atoms with Crippen molar-refractivity contribution in [1.29, 1.82) is 0 Å². The van der Waals surface area contributed by atoms with Gasteiger partial charge in [0.2, 0.25) is 0 Å². The fourth-order valence-electron chi connectivity index (χ4n) is 1.65. The molecule has 0 aliphatic carbocycles. The Kier molecular flexibility index (Phi) is 5.16. The van der Waals surface area contributed by atoms with Gasteiger partial charge >= 0.3 is 5.97 Å². The summed E-state index contributed by atoms with van der Waals surface area (Å²) >= 11 is 0. The third kappa shape index (κ3) is 4.04. The first-order chi connectivity index (χ1) is 8.43. The highest BCUT2D eigenvalue weighted by Crippen LogP contribution is 2.28. The SMILES string of the molecule is COc1cc(C)ccc1OC(=O)C(N)CC(C)C. The number of carbonyl (C=O) groups excluding carboxylic acids is 1. The van der Waals surface area contributed by atoms with Crippen molar-refractivity contribution in [2.45, 2.75) is 33.2 Å². The van der Waals surface area contributed by atoms with E-state index in [9.17, 15) is 4.79 Å². The van der Waals surface area contributed by atoms with E-state index >= 15 is 0 Å². The van der Waals surface area contributed by atoms with Crippen LogP contribution in [0.15, 0.2) is 18.2 Å². The maximum absolute atomic E-state index is 11.8. The van der Waals surface area contributed by atoms with E-state index in [0.29, 0.717) is 23.8 Å². The molecular formula is C14H21NO3. The van der Waals surface area contributed by atoms with Crippen LogP contribution in [-0.4, -0.2) is 19.1 Å². The molecule has 1 unspecified atom stereocenters. The molecule has 1 aromatic carbocycles. The van der Waals surface area contributed by atoms with Gasteiger partial charge in [-0.2, -0.15) is 0 Å². The van der Waals surface area contributed by atoms with Crippen molar-refractivity contribution in [3.63, 3.8) is 0 Å². The Hall–Kier alpha value is -1.55. The normalized spacial score (nSPS) is 12.3. The molecule has 0 amide bonds. The summed E-state index contributed by atoms with van der Waals surface area (Å²) in [7, 11) is 1.54. The van der Waals surface area contributed by atoms with E-state index in [1.54, 1.807) is 13.2 Å². The van der Waals surface area contributed by atoms with Crippen molar-refractivity contribution < 1.29 is 14.3 Å². The minimum atomic E-state index is -0.601. The second-order valence-corrected chi connectivity index (χ2v) is 4.81. The molecule has 2 N–H and O–H groups in total. The van der Waals surface area contributed by atoms with Crippen molar-refractivity contribution in [1.82, 2.24) is 0 Å². The number of carbonyl (C=O) groups is 1. The summed E-state index contributed by atoms with van der Waals surface area (Å²) in [6, 6.07) is 4.79. The van der Waals surface area contributed by atoms with Gasteiger partial charge in [-0.3, -0.25) is 0 Å². The molecule has 0 spiro atoms. The number of methoxy groups -OCH3 is 1. The zero-order chi connectivity index (χ0) is 13.7. The van der Waals surface area contributed by atoms with E-state index in [1.165, 1.54) is 0 Å². The van der Waals surface area contributed by atoms with Gasteiger partial charge in [0, 0.05) is 0 Å². The van der Waals surface area contributed by atoms with Crippen molar-refractivity contribution in [2.75, 3.05) is 7.11 Å². The average molecular weight is 251 g/mol. The van der Waals surface area contributed by atoms with Crippen molar-refractivity contribution in [3.8, 4) is 11.5 Å². The third-order valence-electron chi connectivity index (χ3n) is 2.56. The highest BCUT2D eigenvalue weighted by Gasteiger charge is 2.18. The monoisotopic (exact) mass is 251 g/mol. The number of nitrogens with two attached hydrogens (primary N) is 1. The van der Waals surface area contributed by atoms with Crippen LogP contribution in [0.3, 0.4) is 0 Å². The van der Waals surface area contributed by atoms with Crippen LogP contribution in [0.25, 0.3) is 0 Å². The van der Waals surface area contributed by atoms with Gasteiger partial charge < -0.3 is 15.2 Å². The largest absolute Gasteiger partial charge is 0.493 e. The van der Waals surface area contributed by atoms with E-state index in [2.05, 4.69) is 0 Å². The lowest BCUT2D eigenvalue weighted by Gasteiger charge is -2.15. The van der Waals surface area contributed by atoms with E-state index < -0.39 is 12.0 Å². The molecule has 0 saturated heterocycles. The Morgan fingerprint density at radius 1 is 1.33 bits per heavy atom. The van der Waals surface area contributed by atoms with Gasteiger partial charge in [-0.25, -0.2) is 4.79 Å². The van der Waals surface area contributed by atoms with Crippen LogP contribution in [0.4, 0.5) is 0 Å². The quantitative estimate of drug-likeness (QED) is 0.644. The van der Waals surface area contributed by atoms with Gasteiger partial charge in [0.1, 0.15) is 6.04 Å². The first-order valence-electron chi connectivity index (χ1n) is 6.06. The minimum Gasteiger partial charge on any atom is -0.493 e. The number of aryl methyl sites for hydroxylation is 1. The van der Waals surface area contributed by atoms with E-state index in [-0.39, 0.29) is 0 Å². The van der Waals surface area contributed by atoms with Gasteiger partial charge in [0.05, 0.1) is 7.11 Å². The summed E-state index contributed by atoms with van der Waals surface area (Å²) in [6.45, 7) is 5.97. The zero-order valence-electron chi connectivity index (χ0n) is 11.4. The molecule has 1 rings (SSSR count). The first-order valence-corrected chi connectivity index (χ1v) is 6.06. The second-order valence-electron chi connectivity index (χ2n) is 4.81. The molecule has 1 atom stereocenters. The van der Waals surface area contributed by atoms with Gasteiger partial charge in [-0.1, -0.05) is 19.9 Å². The van der Waals surface area contributed by atoms with Crippen LogP contribution in [0, 0.1) is 12.8 Å². The molecule has 0 aliphatic heterocycles. The maximum atomic E-state index is 11.8. The fourth-order valence-corrected chi connectivity index (χ4v) is 1.65. The fraction of sp³-hybridized carbons (Fsp3) is 0.500. The molecule has 0 saturated carbocycles. The van der Waals surface area contributed by atoms with Crippen LogP contribution in [-0.2, 0) is 4.79 Å². The Balaban J connectivity index is 2.75. The summed E-state index contributed by atoms with van der Waals surface area (Å²) in [6.07, 6.45) is 0.604. The van der Waals surface area contributed by atoms with Crippen molar-refractivity contribution in [2.24, 2.45) is 11.7 Å². The lowest BCUT2D eigenvalue weighted by atomic mass is 10.1. The van der Waals surface area contributed by atoms with Gasteiger partial charge in [0.15, 0.2) is 11.5 Å². The second kappa shape index (κ2) is 6.40. The van der Waals surface area contributed by atoms with Gasteiger partial charge in [-0.05, 0) is 37.0 Å². The molecule has 4 nitrogen and oxygen atoms in total. The molecule has 0 fully saturated rings. The summed E-state index contributed by atoms with van der Waals surface area (Å²) < 4.78 is 10.4. The summed E-state index contributed by atoms with van der Waals surface area (Å²) in [5.74, 6) is 0.880. The van der Waals surface area contributed by atoms with Crippen LogP contribution in [0.1, 0.15) is 25.8 Å². The molecule has 0 aliphatic rings. The number of ether oxygens (including phenoxy) is 2. The van der Waals surface area contributed by atoms with Crippen LogP contribution in [0.2, 0.25) is 0 Å². The van der Waals surface area contributed by atoms with E-state index in [4.69, 9.17) is 15.2 Å². The Morgan fingerprint density at radius 3 is 2.56 bits per heavy atom. The zero-order valence-corrected chi connectivity index (χ0v) is 11.4. The average Bonchev–Trinajstić information content (AvgIpc) is 2.30. The number of esters is 1. The predicted molar refractivity (Wildman–Crippen MR) is 70.8 cm³/mol.